The lowest BCUT2D eigenvalue weighted by atomic mass is 10.1. The van der Waals surface area contributed by atoms with Gasteiger partial charge in [0.05, 0.1) is 5.56 Å². The summed E-state index contributed by atoms with van der Waals surface area (Å²) in [5.41, 5.74) is 7.45. The molecule has 0 heterocycles. The number of rotatable bonds is 4. The topological polar surface area (TPSA) is 55.1 Å². The van der Waals surface area contributed by atoms with E-state index >= 15 is 0 Å². The molecule has 0 saturated carbocycles. The van der Waals surface area contributed by atoms with Gasteiger partial charge in [-0.05, 0) is 55.0 Å². The van der Waals surface area contributed by atoms with E-state index in [0.29, 0.717) is 6.54 Å². The fourth-order valence-corrected chi connectivity index (χ4v) is 1.90. The fraction of sp³-hybridized carbons (Fsp3) is 0.417. The number of benzene rings is 1. The molecule has 0 saturated heterocycles. The van der Waals surface area contributed by atoms with Crippen LogP contribution in [0.5, 0.6) is 0 Å². The van der Waals surface area contributed by atoms with Crippen molar-refractivity contribution in [1.29, 1.82) is 0 Å². The molecular weight excluding hydrogens is 315 g/mol. The molecule has 0 aliphatic rings. The summed E-state index contributed by atoms with van der Waals surface area (Å²) in [4.78, 5) is 11.8. The summed E-state index contributed by atoms with van der Waals surface area (Å²) in [5, 5.41) is 2.87. The Labute approximate surface area is 110 Å². The van der Waals surface area contributed by atoms with Gasteiger partial charge in [-0.3, -0.25) is 4.79 Å². The lowest BCUT2D eigenvalue weighted by Crippen LogP contribution is -2.29. The number of carbonyl (C=O) groups excluding carboxylic acids is 1. The van der Waals surface area contributed by atoms with Gasteiger partial charge in [-0.1, -0.05) is 11.6 Å². The van der Waals surface area contributed by atoms with Gasteiger partial charge in [-0.2, -0.15) is 0 Å². The molecular formula is C12H17IN2O. The van der Waals surface area contributed by atoms with Gasteiger partial charge in [0.15, 0.2) is 0 Å². The van der Waals surface area contributed by atoms with E-state index in [1.165, 1.54) is 0 Å². The molecule has 0 spiro atoms. The van der Waals surface area contributed by atoms with Crippen LogP contribution in [0.1, 0.15) is 29.3 Å². The van der Waals surface area contributed by atoms with Crippen molar-refractivity contribution in [2.75, 3.05) is 6.54 Å². The van der Waals surface area contributed by atoms with Gasteiger partial charge in [0.25, 0.3) is 5.91 Å². The number of carbonyl (C=O) groups is 1. The molecule has 16 heavy (non-hydrogen) atoms. The molecule has 0 aliphatic heterocycles. The van der Waals surface area contributed by atoms with Gasteiger partial charge in [0.1, 0.15) is 0 Å². The van der Waals surface area contributed by atoms with E-state index in [2.05, 4.69) is 27.9 Å². The van der Waals surface area contributed by atoms with E-state index in [-0.39, 0.29) is 11.9 Å². The van der Waals surface area contributed by atoms with Crippen LogP contribution >= 0.6 is 22.6 Å². The number of halogens is 1. The van der Waals surface area contributed by atoms with Crippen LogP contribution in [-0.4, -0.2) is 18.5 Å². The van der Waals surface area contributed by atoms with Crippen molar-refractivity contribution in [3.63, 3.8) is 0 Å². The summed E-state index contributed by atoms with van der Waals surface area (Å²) < 4.78 is 0.974. The van der Waals surface area contributed by atoms with Crippen molar-refractivity contribution >= 4 is 28.5 Å². The van der Waals surface area contributed by atoms with Gasteiger partial charge in [0, 0.05) is 16.2 Å². The molecule has 0 aliphatic carbocycles. The van der Waals surface area contributed by atoms with E-state index in [4.69, 9.17) is 5.73 Å². The summed E-state index contributed by atoms with van der Waals surface area (Å²) in [5.74, 6) is -0.0197. The molecule has 1 rings (SSSR count). The summed E-state index contributed by atoms with van der Waals surface area (Å²) in [6.45, 7) is 4.54. The highest BCUT2D eigenvalue weighted by Crippen LogP contribution is 2.13. The number of aryl methyl sites for hydroxylation is 1. The lowest BCUT2D eigenvalue weighted by Gasteiger charge is -2.09. The Balaban J connectivity index is 2.62. The van der Waals surface area contributed by atoms with Crippen molar-refractivity contribution in [3.05, 3.63) is 32.9 Å². The van der Waals surface area contributed by atoms with Crippen LogP contribution in [0.3, 0.4) is 0 Å². The van der Waals surface area contributed by atoms with Crippen LogP contribution in [0.2, 0.25) is 0 Å². The molecule has 0 aromatic heterocycles. The van der Waals surface area contributed by atoms with Gasteiger partial charge in [-0.15, -0.1) is 0 Å². The Morgan fingerprint density at radius 3 is 2.88 bits per heavy atom. The molecule has 1 unspecified atom stereocenters. The molecule has 88 valence electrons. The van der Waals surface area contributed by atoms with E-state index in [9.17, 15) is 4.79 Å². The van der Waals surface area contributed by atoms with Crippen LogP contribution in [0.25, 0.3) is 0 Å². The Hall–Kier alpha value is -0.620. The van der Waals surface area contributed by atoms with Crippen molar-refractivity contribution < 1.29 is 4.79 Å². The summed E-state index contributed by atoms with van der Waals surface area (Å²) >= 11 is 2.17. The third kappa shape index (κ3) is 4.09. The zero-order valence-electron chi connectivity index (χ0n) is 9.59. The number of nitrogens with two attached hydrogens (primary N) is 1. The zero-order chi connectivity index (χ0) is 12.1. The predicted molar refractivity (Wildman–Crippen MR) is 74.5 cm³/mol. The SMILES string of the molecule is Cc1ccc(I)c(C(=O)NCCC(C)N)c1. The number of hydrogen-bond donors (Lipinski definition) is 2. The van der Waals surface area contributed by atoms with Crippen molar-refractivity contribution in [1.82, 2.24) is 5.32 Å². The van der Waals surface area contributed by atoms with Crippen molar-refractivity contribution in [2.24, 2.45) is 5.73 Å². The van der Waals surface area contributed by atoms with Gasteiger partial charge >= 0.3 is 0 Å². The molecule has 1 aromatic carbocycles. The van der Waals surface area contributed by atoms with Gasteiger partial charge in [-0.25, -0.2) is 0 Å². The molecule has 1 amide bonds. The van der Waals surface area contributed by atoms with Crippen LogP contribution in [0.15, 0.2) is 18.2 Å². The fourth-order valence-electron chi connectivity index (χ4n) is 1.32. The Morgan fingerprint density at radius 2 is 2.25 bits per heavy atom. The second-order valence-corrected chi connectivity index (χ2v) is 5.17. The minimum absolute atomic E-state index is 0.0197. The maximum absolute atomic E-state index is 11.8. The van der Waals surface area contributed by atoms with E-state index in [1.54, 1.807) is 0 Å². The normalized spacial score (nSPS) is 12.2. The highest BCUT2D eigenvalue weighted by Gasteiger charge is 2.09. The zero-order valence-corrected chi connectivity index (χ0v) is 11.7. The molecule has 1 atom stereocenters. The molecule has 1 aromatic rings. The highest BCUT2D eigenvalue weighted by atomic mass is 127. The molecule has 0 radical (unpaired) electrons. The first kappa shape index (κ1) is 13.4. The summed E-state index contributed by atoms with van der Waals surface area (Å²) in [6.07, 6.45) is 0.800. The van der Waals surface area contributed by atoms with E-state index in [0.717, 1.165) is 21.1 Å². The van der Waals surface area contributed by atoms with E-state index in [1.807, 2.05) is 32.0 Å². The highest BCUT2D eigenvalue weighted by molar-refractivity contribution is 14.1. The smallest absolute Gasteiger partial charge is 0.252 e. The number of nitrogens with one attached hydrogen (secondary N) is 1. The predicted octanol–water partition coefficient (Wildman–Crippen LogP) is 2.07. The summed E-state index contributed by atoms with van der Waals surface area (Å²) in [6, 6.07) is 5.98. The van der Waals surface area contributed by atoms with Crippen LogP contribution in [-0.2, 0) is 0 Å². The molecule has 0 fully saturated rings. The second-order valence-electron chi connectivity index (χ2n) is 4.01. The average Bonchev–Trinajstić information content (AvgIpc) is 2.21. The maximum atomic E-state index is 11.8. The van der Waals surface area contributed by atoms with Gasteiger partial charge < -0.3 is 11.1 Å². The Kier molecular flexibility index (Phi) is 5.21. The number of amides is 1. The third-order valence-electron chi connectivity index (χ3n) is 2.25. The first-order valence-electron chi connectivity index (χ1n) is 5.30. The molecule has 0 bridgehead atoms. The third-order valence-corrected chi connectivity index (χ3v) is 3.19. The van der Waals surface area contributed by atoms with Crippen LogP contribution < -0.4 is 11.1 Å². The van der Waals surface area contributed by atoms with E-state index < -0.39 is 0 Å². The number of hydrogen-bond acceptors (Lipinski definition) is 2. The van der Waals surface area contributed by atoms with Crippen LogP contribution in [0.4, 0.5) is 0 Å². The Bertz CT molecular complexity index is 377. The molecule has 4 heteroatoms. The largest absolute Gasteiger partial charge is 0.352 e. The molecule has 3 nitrogen and oxygen atoms in total. The standard InChI is InChI=1S/C12H17IN2O/c1-8-3-4-11(13)10(7-8)12(16)15-6-5-9(2)14/h3-4,7,9H,5-6,14H2,1-2H3,(H,15,16). The maximum Gasteiger partial charge on any atom is 0.252 e. The van der Waals surface area contributed by atoms with Gasteiger partial charge in [0.2, 0.25) is 0 Å². The minimum Gasteiger partial charge on any atom is -0.352 e. The quantitative estimate of drug-likeness (QED) is 0.830. The summed E-state index contributed by atoms with van der Waals surface area (Å²) in [7, 11) is 0. The first-order valence-corrected chi connectivity index (χ1v) is 6.38. The van der Waals surface area contributed by atoms with Crippen molar-refractivity contribution in [3.8, 4) is 0 Å². The monoisotopic (exact) mass is 332 g/mol. The second kappa shape index (κ2) is 6.20. The Morgan fingerprint density at radius 1 is 1.56 bits per heavy atom. The molecule has 3 N–H and O–H groups in total. The van der Waals surface area contributed by atoms with Crippen LogP contribution in [0, 0.1) is 10.5 Å². The first-order chi connectivity index (χ1) is 7.50. The lowest BCUT2D eigenvalue weighted by molar-refractivity contribution is 0.0952. The minimum atomic E-state index is -0.0197. The average molecular weight is 332 g/mol. The van der Waals surface area contributed by atoms with Crippen molar-refractivity contribution in [2.45, 2.75) is 26.3 Å².